The number of ether oxygens (including phenoxy) is 1. The van der Waals surface area contributed by atoms with Crippen LogP contribution in [0, 0.1) is 0 Å². The van der Waals surface area contributed by atoms with Crippen LogP contribution in [0.4, 0.5) is 0 Å². The lowest BCUT2D eigenvalue weighted by molar-refractivity contribution is 0.312. The molecule has 1 unspecified atom stereocenters. The van der Waals surface area contributed by atoms with Gasteiger partial charge in [0.15, 0.2) is 0 Å². The first-order valence-corrected chi connectivity index (χ1v) is 8.44. The van der Waals surface area contributed by atoms with Crippen LogP contribution in [0.25, 0.3) is 0 Å². The molecule has 3 nitrogen and oxygen atoms in total. The molecule has 112 valence electrons. The normalized spacial score (nSPS) is 15.0. The van der Waals surface area contributed by atoms with Crippen LogP contribution in [0.2, 0.25) is 0 Å². The molecule has 0 amide bonds. The molecule has 3 rings (SSSR count). The van der Waals surface area contributed by atoms with E-state index in [0.717, 1.165) is 24.3 Å². The summed E-state index contributed by atoms with van der Waals surface area (Å²) in [5.74, 6) is 6.78. The maximum atomic E-state index is 5.88. The quantitative estimate of drug-likeness (QED) is 0.633. The molecule has 0 spiro atoms. The minimum Gasteiger partial charge on any atom is -0.493 e. The van der Waals surface area contributed by atoms with Gasteiger partial charge in [-0.05, 0) is 43.4 Å². The molecule has 0 aliphatic heterocycles. The summed E-state index contributed by atoms with van der Waals surface area (Å²) in [7, 11) is 0. The van der Waals surface area contributed by atoms with Crippen molar-refractivity contribution in [1.29, 1.82) is 0 Å². The second-order valence-electron chi connectivity index (χ2n) is 5.44. The number of hydrazine groups is 1. The summed E-state index contributed by atoms with van der Waals surface area (Å²) < 4.78 is 5.88. The molecule has 1 aliphatic rings. The molecule has 3 N–H and O–H groups in total. The summed E-state index contributed by atoms with van der Waals surface area (Å²) in [4.78, 5) is 2.81. The van der Waals surface area contributed by atoms with Gasteiger partial charge in [-0.1, -0.05) is 25.1 Å². The first-order chi connectivity index (χ1) is 10.3. The standard InChI is InChI=1S/C17H22N2OS/c1-2-10-20-14-8-4-3-7-13(14)17(19-18)16-11-12-6-5-9-15(12)21-16/h3-4,7-8,11,17,19H,2,5-6,9-10,18H2,1H3. The van der Waals surface area contributed by atoms with Crippen molar-refractivity contribution < 1.29 is 4.74 Å². The third-order valence-electron chi connectivity index (χ3n) is 3.91. The molecule has 1 atom stereocenters. The number of hydrogen-bond donors (Lipinski definition) is 2. The molecule has 0 bridgehead atoms. The first-order valence-electron chi connectivity index (χ1n) is 7.62. The van der Waals surface area contributed by atoms with Crippen molar-refractivity contribution in [3.05, 3.63) is 51.2 Å². The molecule has 0 fully saturated rings. The van der Waals surface area contributed by atoms with Crippen LogP contribution in [0.1, 0.15) is 46.7 Å². The first kappa shape index (κ1) is 14.6. The van der Waals surface area contributed by atoms with Crippen molar-refractivity contribution in [2.45, 2.75) is 38.6 Å². The predicted molar refractivity (Wildman–Crippen MR) is 87.7 cm³/mol. The van der Waals surface area contributed by atoms with E-state index in [-0.39, 0.29) is 6.04 Å². The molecule has 21 heavy (non-hydrogen) atoms. The molecule has 1 aliphatic carbocycles. The Kier molecular flexibility index (Phi) is 4.58. The maximum absolute atomic E-state index is 5.88. The Hall–Kier alpha value is -1.36. The molecule has 1 aromatic heterocycles. The van der Waals surface area contributed by atoms with Crippen molar-refractivity contribution in [1.82, 2.24) is 5.43 Å². The van der Waals surface area contributed by atoms with Gasteiger partial charge >= 0.3 is 0 Å². The topological polar surface area (TPSA) is 47.3 Å². The van der Waals surface area contributed by atoms with E-state index in [4.69, 9.17) is 10.6 Å². The molecular formula is C17H22N2OS. The van der Waals surface area contributed by atoms with Gasteiger partial charge < -0.3 is 4.74 Å². The smallest absolute Gasteiger partial charge is 0.124 e. The van der Waals surface area contributed by atoms with E-state index >= 15 is 0 Å². The lowest BCUT2D eigenvalue weighted by Gasteiger charge is -2.19. The molecule has 4 heteroatoms. The highest BCUT2D eigenvalue weighted by Crippen LogP contribution is 2.38. The Morgan fingerprint density at radius 3 is 2.95 bits per heavy atom. The van der Waals surface area contributed by atoms with Crippen LogP contribution in [0.5, 0.6) is 5.75 Å². The van der Waals surface area contributed by atoms with Crippen molar-refractivity contribution in [3.8, 4) is 5.75 Å². The minimum absolute atomic E-state index is 0.00801. The predicted octanol–water partition coefficient (Wildman–Crippen LogP) is 3.58. The second kappa shape index (κ2) is 6.60. The fraction of sp³-hybridized carbons (Fsp3) is 0.412. The Morgan fingerprint density at radius 1 is 1.33 bits per heavy atom. The number of para-hydroxylation sites is 1. The second-order valence-corrected chi connectivity index (χ2v) is 6.61. The number of benzene rings is 1. The molecule has 0 radical (unpaired) electrons. The zero-order valence-electron chi connectivity index (χ0n) is 12.4. The molecular weight excluding hydrogens is 280 g/mol. The number of nitrogens with one attached hydrogen (secondary N) is 1. The average molecular weight is 302 g/mol. The zero-order valence-corrected chi connectivity index (χ0v) is 13.2. The van der Waals surface area contributed by atoms with Gasteiger partial charge in [0.2, 0.25) is 0 Å². The van der Waals surface area contributed by atoms with Gasteiger partial charge in [0.05, 0.1) is 12.6 Å². The highest BCUT2D eigenvalue weighted by Gasteiger charge is 2.22. The van der Waals surface area contributed by atoms with E-state index in [2.05, 4.69) is 24.5 Å². The third-order valence-corrected chi connectivity index (χ3v) is 5.21. The molecule has 2 aromatic rings. The van der Waals surface area contributed by atoms with Crippen LogP contribution in [-0.4, -0.2) is 6.61 Å². The van der Waals surface area contributed by atoms with E-state index in [1.165, 1.54) is 34.6 Å². The molecule has 1 heterocycles. The lowest BCUT2D eigenvalue weighted by atomic mass is 10.0. The summed E-state index contributed by atoms with van der Waals surface area (Å²) in [5, 5.41) is 0. The van der Waals surface area contributed by atoms with E-state index in [1.54, 1.807) is 0 Å². The van der Waals surface area contributed by atoms with Crippen molar-refractivity contribution in [2.24, 2.45) is 5.84 Å². The van der Waals surface area contributed by atoms with Gasteiger partial charge in [0, 0.05) is 15.3 Å². The largest absolute Gasteiger partial charge is 0.493 e. The van der Waals surface area contributed by atoms with E-state index in [9.17, 15) is 0 Å². The van der Waals surface area contributed by atoms with Gasteiger partial charge in [0.25, 0.3) is 0 Å². The Morgan fingerprint density at radius 2 is 2.19 bits per heavy atom. The van der Waals surface area contributed by atoms with Crippen LogP contribution >= 0.6 is 11.3 Å². The summed E-state index contributed by atoms with van der Waals surface area (Å²) >= 11 is 1.88. The van der Waals surface area contributed by atoms with Crippen molar-refractivity contribution in [2.75, 3.05) is 6.61 Å². The van der Waals surface area contributed by atoms with E-state index in [1.807, 2.05) is 29.5 Å². The van der Waals surface area contributed by atoms with Gasteiger partial charge in [-0.15, -0.1) is 11.3 Å². The third kappa shape index (κ3) is 2.98. The van der Waals surface area contributed by atoms with E-state index in [0.29, 0.717) is 0 Å². The molecule has 0 saturated carbocycles. The summed E-state index contributed by atoms with van der Waals surface area (Å²) in [6, 6.07) is 10.5. The lowest BCUT2D eigenvalue weighted by Crippen LogP contribution is -2.28. The van der Waals surface area contributed by atoms with Crippen molar-refractivity contribution in [3.63, 3.8) is 0 Å². The monoisotopic (exact) mass is 302 g/mol. The van der Waals surface area contributed by atoms with Crippen LogP contribution in [0.3, 0.4) is 0 Å². The summed E-state index contributed by atoms with van der Waals surface area (Å²) in [6.07, 6.45) is 4.71. The number of rotatable bonds is 6. The Labute approximate surface area is 130 Å². The van der Waals surface area contributed by atoms with Gasteiger partial charge in [-0.3, -0.25) is 5.84 Å². The van der Waals surface area contributed by atoms with Gasteiger partial charge in [-0.25, -0.2) is 5.43 Å². The van der Waals surface area contributed by atoms with E-state index < -0.39 is 0 Å². The number of aryl methyl sites for hydroxylation is 2. The highest BCUT2D eigenvalue weighted by molar-refractivity contribution is 7.12. The number of fused-ring (bicyclic) bond motifs is 1. The minimum atomic E-state index is 0.00801. The summed E-state index contributed by atoms with van der Waals surface area (Å²) in [5.41, 5.74) is 5.59. The Balaban J connectivity index is 1.92. The van der Waals surface area contributed by atoms with Gasteiger partial charge in [0.1, 0.15) is 5.75 Å². The Bertz CT molecular complexity index is 587. The van der Waals surface area contributed by atoms with Crippen LogP contribution in [-0.2, 0) is 12.8 Å². The van der Waals surface area contributed by atoms with Crippen LogP contribution in [0.15, 0.2) is 30.3 Å². The number of hydrogen-bond acceptors (Lipinski definition) is 4. The fourth-order valence-electron chi connectivity index (χ4n) is 2.88. The molecule has 1 aromatic carbocycles. The number of thiophene rings is 1. The highest BCUT2D eigenvalue weighted by atomic mass is 32.1. The average Bonchev–Trinajstić information content (AvgIpc) is 3.08. The fourth-order valence-corrected chi connectivity index (χ4v) is 4.22. The molecule has 0 saturated heterocycles. The maximum Gasteiger partial charge on any atom is 0.124 e. The van der Waals surface area contributed by atoms with Crippen LogP contribution < -0.4 is 16.0 Å². The van der Waals surface area contributed by atoms with Gasteiger partial charge in [-0.2, -0.15) is 0 Å². The van der Waals surface area contributed by atoms with Crippen molar-refractivity contribution >= 4 is 11.3 Å². The zero-order chi connectivity index (χ0) is 14.7. The summed E-state index contributed by atoms with van der Waals surface area (Å²) in [6.45, 7) is 2.85. The number of nitrogens with two attached hydrogens (primary N) is 1. The SMILES string of the molecule is CCCOc1ccccc1C(NN)c1cc2c(s1)CCC2.